The Morgan fingerprint density at radius 1 is 1.22 bits per heavy atom. The van der Waals surface area contributed by atoms with Gasteiger partial charge in [-0.15, -0.1) is 32.4 Å². The first kappa shape index (κ1) is 8.11. The van der Waals surface area contributed by atoms with Crippen LogP contribution in [0.15, 0.2) is 0 Å². The van der Waals surface area contributed by atoms with E-state index in [1.165, 1.54) is 12.8 Å². The second-order valence-electron chi connectivity index (χ2n) is 2.56. The van der Waals surface area contributed by atoms with Crippen LogP contribution in [0.1, 0.15) is 19.3 Å². The van der Waals surface area contributed by atoms with E-state index in [0.717, 1.165) is 6.42 Å². The SMILES string of the molecule is PC1CCCC(Cl)C1Cl. The standard InChI is InChI=1S/C6H11Cl2P/c7-4-2-1-3-5(9)6(4)8/h4-6H,1-3,9H2. The minimum Gasteiger partial charge on any atom is -0.133 e. The van der Waals surface area contributed by atoms with Gasteiger partial charge in [0.15, 0.2) is 0 Å². The number of hydrogen-bond donors (Lipinski definition) is 0. The van der Waals surface area contributed by atoms with Gasteiger partial charge in [-0.2, -0.15) is 0 Å². The van der Waals surface area contributed by atoms with E-state index < -0.39 is 0 Å². The highest BCUT2D eigenvalue weighted by Gasteiger charge is 2.26. The minimum absolute atomic E-state index is 0.172. The quantitative estimate of drug-likeness (QED) is 0.402. The molecule has 0 bridgehead atoms. The lowest BCUT2D eigenvalue weighted by molar-refractivity contribution is 0.529. The lowest BCUT2D eigenvalue weighted by Gasteiger charge is -2.27. The van der Waals surface area contributed by atoms with E-state index in [-0.39, 0.29) is 10.8 Å². The van der Waals surface area contributed by atoms with Gasteiger partial charge in [0.1, 0.15) is 0 Å². The third-order valence-corrected chi connectivity index (χ3v) is 4.01. The highest BCUT2D eigenvalue weighted by Crippen LogP contribution is 2.31. The molecular weight excluding hydrogens is 174 g/mol. The summed E-state index contributed by atoms with van der Waals surface area (Å²) in [4.78, 5) is 0. The minimum atomic E-state index is 0.172. The van der Waals surface area contributed by atoms with Gasteiger partial charge in [-0.25, -0.2) is 0 Å². The van der Waals surface area contributed by atoms with Crippen LogP contribution in [0.5, 0.6) is 0 Å². The molecule has 0 amide bonds. The first-order valence-corrected chi connectivity index (χ1v) is 4.79. The van der Waals surface area contributed by atoms with Crippen molar-refractivity contribution >= 4 is 32.4 Å². The molecule has 54 valence electrons. The summed E-state index contributed by atoms with van der Waals surface area (Å²) >= 11 is 11.9. The summed E-state index contributed by atoms with van der Waals surface area (Å²) in [6.07, 6.45) is 3.52. The maximum absolute atomic E-state index is 5.96. The van der Waals surface area contributed by atoms with Crippen molar-refractivity contribution in [3.8, 4) is 0 Å². The molecule has 0 spiro atoms. The molecular formula is C6H11Cl2P. The third-order valence-electron chi connectivity index (χ3n) is 1.77. The maximum Gasteiger partial charge on any atom is 0.0562 e. The molecule has 0 aliphatic heterocycles. The molecule has 0 N–H and O–H groups in total. The van der Waals surface area contributed by atoms with E-state index in [2.05, 4.69) is 9.24 Å². The Morgan fingerprint density at radius 2 is 1.89 bits per heavy atom. The predicted molar refractivity (Wildman–Crippen MR) is 46.6 cm³/mol. The van der Waals surface area contributed by atoms with Gasteiger partial charge in [-0.1, -0.05) is 6.42 Å². The van der Waals surface area contributed by atoms with E-state index >= 15 is 0 Å². The molecule has 0 aromatic carbocycles. The highest BCUT2D eigenvalue weighted by atomic mass is 35.5. The molecule has 1 aliphatic rings. The van der Waals surface area contributed by atoms with E-state index in [9.17, 15) is 0 Å². The molecule has 0 aromatic rings. The highest BCUT2D eigenvalue weighted by molar-refractivity contribution is 7.18. The first-order valence-electron chi connectivity index (χ1n) is 3.25. The van der Waals surface area contributed by atoms with Crippen molar-refractivity contribution in [2.75, 3.05) is 0 Å². The largest absolute Gasteiger partial charge is 0.133 e. The molecule has 9 heavy (non-hydrogen) atoms. The molecule has 1 rings (SSSR count). The van der Waals surface area contributed by atoms with Crippen LogP contribution in [0.2, 0.25) is 0 Å². The monoisotopic (exact) mass is 184 g/mol. The van der Waals surface area contributed by atoms with Crippen molar-refractivity contribution in [3.05, 3.63) is 0 Å². The fourth-order valence-electron chi connectivity index (χ4n) is 1.14. The zero-order chi connectivity index (χ0) is 6.85. The summed E-state index contributed by atoms with van der Waals surface area (Å²) in [5.74, 6) is 0. The van der Waals surface area contributed by atoms with Gasteiger partial charge in [0.25, 0.3) is 0 Å². The zero-order valence-corrected chi connectivity index (χ0v) is 7.85. The van der Waals surface area contributed by atoms with Crippen molar-refractivity contribution in [1.82, 2.24) is 0 Å². The predicted octanol–water partition coefficient (Wildman–Crippen LogP) is 2.63. The van der Waals surface area contributed by atoms with Crippen molar-refractivity contribution in [3.63, 3.8) is 0 Å². The second-order valence-corrected chi connectivity index (χ2v) is 4.48. The number of rotatable bonds is 0. The fourth-order valence-corrected chi connectivity index (χ4v) is 2.37. The molecule has 0 heterocycles. The Hall–Kier alpha value is 1.01. The summed E-state index contributed by atoms with van der Waals surface area (Å²) in [6, 6.07) is 0. The van der Waals surface area contributed by atoms with E-state index in [0.29, 0.717) is 5.66 Å². The van der Waals surface area contributed by atoms with Gasteiger partial charge >= 0.3 is 0 Å². The summed E-state index contributed by atoms with van der Waals surface area (Å²) in [7, 11) is 2.75. The summed E-state index contributed by atoms with van der Waals surface area (Å²) < 4.78 is 0. The van der Waals surface area contributed by atoms with Gasteiger partial charge in [0.05, 0.1) is 10.8 Å². The normalized spacial score (nSPS) is 45.0. The van der Waals surface area contributed by atoms with Crippen molar-refractivity contribution in [2.45, 2.75) is 35.7 Å². The molecule has 0 radical (unpaired) electrons. The Balaban J connectivity index is 2.41. The molecule has 3 heteroatoms. The van der Waals surface area contributed by atoms with Crippen molar-refractivity contribution < 1.29 is 0 Å². The average Bonchev–Trinajstić information content (AvgIpc) is 1.83. The van der Waals surface area contributed by atoms with Gasteiger partial charge in [-0.05, 0) is 18.5 Å². The van der Waals surface area contributed by atoms with Crippen LogP contribution < -0.4 is 0 Å². The number of hydrogen-bond acceptors (Lipinski definition) is 0. The number of halogens is 2. The van der Waals surface area contributed by atoms with Crippen LogP contribution in [0, 0.1) is 0 Å². The molecule has 4 unspecified atom stereocenters. The molecule has 1 aliphatic carbocycles. The van der Waals surface area contributed by atoms with Gasteiger partial charge in [0.2, 0.25) is 0 Å². The Labute approximate surface area is 68.5 Å². The van der Waals surface area contributed by atoms with Gasteiger partial charge < -0.3 is 0 Å². The average molecular weight is 185 g/mol. The summed E-state index contributed by atoms with van der Waals surface area (Å²) in [6.45, 7) is 0. The van der Waals surface area contributed by atoms with Crippen LogP contribution in [0.4, 0.5) is 0 Å². The zero-order valence-electron chi connectivity index (χ0n) is 5.19. The third kappa shape index (κ3) is 1.97. The van der Waals surface area contributed by atoms with Crippen LogP contribution in [-0.4, -0.2) is 16.4 Å². The van der Waals surface area contributed by atoms with Gasteiger partial charge in [0, 0.05) is 0 Å². The molecule has 0 nitrogen and oxygen atoms in total. The Kier molecular flexibility index (Phi) is 3.08. The van der Waals surface area contributed by atoms with Crippen molar-refractivity contribution in [2.24, 2.45) is 0 Å². The first-order chi connectivity index (χ1) is 4.22. The molecule has 4 atom stereocenters. The van der Waals surface area contributed by atoms with Crippen LogP contribution in [0.3, 0.4) is 0 Å². The van der Waals surface area contributed by atoms with E-state index in [1.54, 1.807) is 0 Å². The van der Waals surface area contributed by atoms with E-state index in [1.807, 2.05) is 0 Å². The maximum atomic E-state index is 5.96. The molecule has 1 fully saturated rings. The molecule has 0 saturated heterocycles. The summed E-state index contributed by atoms with van der Waals surface area (Å²) in [5, 5.41) is 0.369. The molecule has 1 saturated carbocycles. The van der Waals surface area contributed by atoms with E-state index in [4.69, 9.17) is 23.2 Å². The van der Waals surface area contributed by atoms with Crippen LogP contribution >= 0.6 is 32.4 Å². The number of alkyl halides is 2. The van der Waals surface area contributed by atoms with Crippen molar-refractivity contribution in [1.29, 1.82) is 0 Å². The summed E-state index contributed by atoms with van der Waals surface area (Å²) in [5.41, 5.74) is 0.530. The smallest absolute Gasteiger partial charge is 0.0562 e. The van der Waals surface area contributed by atoms with Crippen LogP contribution in [0.25, 0.3) is 0 Å². The Bertz CT molecular complexity index is 87.1. The Morgan fingerprint density at radius 3 is 2.33 bits per heavy atom. The topological polar surface area (TPSA) is 0 Å². The second kappa shape index (κ2) is 3.42. The lowest BCUT2D eigenvalue weighted by Crippen LogP contribution is -2.29. The lowest BCUT2D eigenvalue weighted by atomic mass is 9.99. The van der Waals surface area contributed by atoms with Gasteiger partial charge in [-0.3, -0.25) is 0 Å². The molecule has 0 aromatic heterocycles. The fraction of sp³-hybridized carbons (Fsp3) is 1.00. The van der Waals surface area contributed by atoms with Crippen LogP contribution in [-0.2, 0) is 0 Å².